The quantitative estimate of drug-likeness (QED) is 0.146. The molecule has 0 aliphatic heterocycles. The molecule has 0 amide bonds. The third-order valence-corrected chi connectivity index (χ3v) is 10.4. The minimum Gasteiger partial charge on any atom is -0.307 e. The van der Waals surface area contributed by atoms with Crippen LogP contribution in [0.15, 0.2) is 194 Å². The van der Waals surface area contributed by atoms with E-state index in [0.717, 1.165) is 77.6 Å². The van der Waals surface area contributed by atoms with Crippen molar-refractivity contribution in [3.05, 3.63) is 194 Å². The fourth-order valence-corrected chi connectivity index (χ4v) is 7.85. The van der Waals surface area contributed by atoms with Crippen LogP contribution in [0.3, 0.4) is 0 Å². The number of rotatable bonds is 8. The van der Waals surface area contributed by atoms with Gasteiger partial charge < -0.3 is 4.57 Å². The summed E-state index contributed by atoms with van der Waals surface area (Å²) in [4.78, 5) is 25.1. The summed E-state index contributed by atoms with van der Waals surface area (Å²) in [7, 11) is 0. The number of para-hydroxylation sites is 3. The van der Waals surface area contributed by atoms with Crippen LogP contribution >= 0.6 is 0 Å². The maximum absolute atomic E-state index is 5.35. The van der Waals surface area contributed by atoms with Crippen molar-refractivity contribution in [2.45, 2.75) is 6.92 Å². The summed E-state index contributed by atoms with van der Waals surface area (Å²) in [5.74, 6) is 1.60. The number of fused-ring (bicyclic) bond motifs is 7. The first-order valence-corrected chi connectivity index (χ1v) is 18.9. The largest absolute Gasteiger partial charge is 0.307 e. The van der Waals surface area contributed by atoms with E-state index in [1.165, 1.54) is 5.39 Å². The molecule has 0 aliphatic rings. The first kappa shape index (κ1) is 33.8. The molecule has 7 nitrogen and oxygen atoms in total. The molecule has 6 aromatic carbocycles. The van der Waals surface area contributed by atoms with Gasteiger partial charge in [0.15, 0.2) is 11.6 Å². The van der Waals surface area contributed by atoms with Crippen LogP contribution in [-0.2, 0) is 0 Å². The van der Waals surface area contributed by atoms with E-state index in [9.17, 15) is 0 Å². The van der Waals surface area contributed by atoms with Crippen molar-refractivity contribution < 1.29 is 0 Å². The predicted molar refractivity (Wildman–Crippen MR) is 234 cm³/mol. The summed E-state index contributed by atoms with van der Waals surface area (Å²) in [6.45, 7) is 5.98. The maximum atomic E-state index is 5.35. The number of allylic oxidation sites excluding steroid dienone is 2. The van der Waals surface area contributed by atoms with Crippen LogP contribution in [-0.4, -0.2) is 34.8 Å². The number of hydrogen-bond acceptors (Lipinski definition) is 5. The maximum Gasteiger partial charge on any atom is 0.238 e. The second-order valence-corrected chi connectivity index (χ2v) is 13.8. The zero-order chi connectivity index (χ0) is 38.3. The minimum absolute atomic E-state index is 0.513. The van der Waals surface area contributed by atoms with E-state index in [2.05, 4.69) is 135 Å². The summed E-state index contributed by atoms with van der Waals surface area (Å²) in [6.07, 6.45) is 7.25. The second-order valence-electron chi connectivity index (χ2n) is 13.8. The molecule has 10 rings (SSSR count). The van der Waals surface area contributed by atoms with E-state index in [1.807, 2.05) is 67.7 Å². The molecule has 0 aliphatic carbocycles. The lowest BCUT2D eigenvalue weighted by Crippen LogP contribution is -2.07. The summed E-state index contributed by atoms with van der Waals surface area (Å²) in [5.41, 5.74) is 10.5. The van der Waals surface area contributed by atoms with Crippen molar-refractivity contribution in [3.8, 4) is 45.7 Å². The van der Waals surface area contributed by atoms with Crippen LogP contribution in [0.5, 0.6) is 0 Å². The zero-order valence-corrected chi connectivity index (χ0v) is 31.2. The SMILES string of the molecule is C=CC(=N/C=C\C)c1cccc(-c2nc(-c3cccc(-c4ccccn4)c3)nc(-n3c4ccccc4c4ccc5c6ccccc6n(-c6ccccc6)c5c43)n2)c1. The number of aliphatic imine (C=N–C) groups is 1. The normalized spacial score (nSPS) is 12.1. The van der Waals surface area contributed by atoms with Crippen LogP contribution in [0.2, 0.25) is 0 Å². The molecule has 0 fully saturated rings. The van der Waals surface area contributed by atoms with Crippen molar-refractivity contribution in [3.63, 3.8) is 0 Å². The predicted octanol–water partition coefficient (Wildman–Crippen LogP) is 12.0. The molecule has 4 heterocycles. The number of aromatic nitrogens is 6. The van der Waals surface area contributed by atoms with Crippen LogP contribution in [0.25, 0.3) is 89.3 Å². The van der Waals surface area contributed by atoms with Gasteiger partial charge in [0.1, 0.15) is 0 Å². The Balaban J connectivity index is 1.31. The Labute approximate surface area is 329 Å². The third kappa shape index (κ3) is 5.81. The number of pyridine rings is 1. The molecule has 0 spiro atoms. The van der Waals surface area contributed by atoms with Crippen molar-refractivity contribution in [1.82, 2.24) is 29.1 Å². The molecule has 4 aromatic heterocycles. The summed E-state index contributed by atoms with van der Waals surface area (Å²) in [5, 5.41) is 4.54. The molecule has 0 unspecified atom stereocenters. The van der Waals surface area contributed by atoms with E-state index in [0.29, 0.717) is 17.6 Å². The van der Waals surface area contributed by atoms with Crippen LogP contribution in [0, 0.1) is 0 Å². The number of nitrogens with zero attached hydrogens (tertiary/aromatic N) is 7. The van der Waals surface area contributed by atoms with Gasteiger partial charge in [-0.2, -0.15) is 9.97 Å². The Morgan fingerprint density at radius 2 is 1.18 bits per heavy atom. The highest BCUT2D eigenvalue weighted by atomic mass is 15.2. The molecule has 0 N–H and O–H groups in total. The highest BCUT2D eigenvalue weighted by Crippen LogP contribution is 2.41. The molecule has 10 aromatic rings. The average molecular weight is 734 g/mol. The van der Waals surface area contributed by atoms with Gasteiger partial charge in [-0.05, 0) is 61.5 Å². The Kier molecular flexibility index (Phi) is 8.38. The molecule has 0 atom stereocenters. The smallest absolute Gasteiger partial charge is 0.238 e. The van der Waals surface area contributed by atoms with Gasteiger partial charge in [-0.3, -0.25) is 14.5 Å². The first-order chi connectivity index (χ1) is 28.2. The fourth-order valence-electron chi connectivity index (χ4n) is 7.85. The molecule has 270 valence electrons. The lowest BCUT2D eigenvalue weighted by molar-refractivity contribution is 0.953. The van der Waals surface area contributed by atoms with Crippen LogP contribution in [0.4, 0.5) is 0 Å². The van der Waals surface area contributed by atoms with Gasteiger partial charge in [-0.1, -0.05) is 122 Å². The van der Waals surface area contributed by atoms with E-state index >= 15 is 0 Å². The second kappa shape index (κ2) is 14.1. The molecule has 0 bridgehead atoms. The standard InChI is InChI=1S/C50H35N7/c1-3-29-51-42(4-2)33-16-14-18-35(31-33)48-53-49(36-19-15-17-34(32-36)43-24-12-13-30-52-43)55-50(54-48)57-45-26-11-9-23-39(45)41-28-27-40-38-22-8-10-25-44(38)56(46(40)47(41)57)37-20-6-5-7-21-37/h3-32H,2H2,1H3/b29-3-,51-42?. The third-order valence-electron chi connectivity index (χ3n) is 10.4. The summed E-state index contributed by atoms with van der Waals surface area (Å²) >= 11 is 0. The first-order valence-electron chi connectivity index (χ1n) is 18.9. The minimum atomic E-state index is 0.513. The van der Waals surface area contributed by atoms with E-state index < -0.39 is 0 Å². The average Bonchev–Trinajstić information content (AvgIpc) is 3.80. The van der Waals surface area contributed by atoms with Crippen molar-refractivity contribution in [2.24, 2.45) is 4.99 Å². The Morgan fingerprint density at radius 3 is 1.86 bits per heavy atom. The van der Waals surface area contributed by atoms with Crippen molar-refractivity contribution in [2.75, 3.05) is 0 Å². The Hall–Kier alpha value is -7.77. The number of hydrogen-bond donors (Lipinski definition) is 0. The molecule has 7 heteroatoms. The Morgan fingerprint density at radius 1 is 0.561 bits per heavy atom. The molecule has 0 saturated heterocycles. The van der Waals surface area contributed by atoms with Gasteiger partial charge in [-0.25, -0.2) is 4.98 Å². The molecule has 0 radical (unpaired) electrons. The lowest BCUT2D eigenvalue weighted by Gasteiger charge is -2.14. The van der Waals surface area contributed by atoms with Gasteiger partial charge in [0, 0.05) is 61.9 Å². The Bertz CT molecular complexity index is 3210. The molecular weight excluding hydrogens is 699 g/mol. The highest BCUT2D eigenvalue weighted by molar-refractivity contribution is 6.23. The van der Waals surface area contributed by atoms with E-state index in [4.69, 9.17) is 15.0 Å². The van der Waals surface area contributed by atoms with Crippen LogP contribution in [0.1, 0.15) is 12.5 Å². The lowest BCUT2D eigenvalue weighted by atomic mass is 10.1. The van der Waals surface area contributed by atoms with Gasteiger partial charge in [0.2, 0.25) is 5.95 Å². The fraction of sp³-hybridized carbons (Fsp3) is 0.0200. The van der Waals surface area contributed by atoms with Gasteiger partial charge >= 0.3 is 0 Å². The topological polar surface area (TPSA) is 73.8 Å². The highest BCUT2D eigenvalue weighted by Gasteiger charge is 2.23. The van der Waals surface area contributed by atoms with Gasteiger partial charge in [0.05, 0.1) is 33.5 Å². The van der Waals surface area contributed by atoms with E-state index in [1.54, 1.807) is 12.3 Å². The molecule has 0 saturated carbocycles. The molecule has 57 heavy (non-hydrogen) atoms. The van der Waals surface area contributed by atoms with Gasteiger partial charge in [-0.15, -0.1) is 0 Å². The number of benzene rings is 6. The summed E-state index contributed by atoms with van der Waals surface area (Å²) < 4.78 is 4.58. The summed E-state index contributed by atoms with van der Waals surface area (Å²) in [6, 6.07) is 54.4. The zero-order valence-electron chi connectivity index (χ0n) is 31.2. The molecular formula is C50H35N7. The van der Waals surface area contributed by atoms with Crippen molar-refractivity contribution in [1.29, 1.82) is 0 Å². The van der Waals surface area contributed by atoms with E-state index in [-0.39, 0.29) is 0 Å². The van der Waals surface area contributed by atoms with Gasteiger partial charge in [0.25, 0.3) is 0 Å². The monoisotopic (exact) mass is 733 g/mol. The van der Waals surface area contributed by atoms with Crippen LogP contribution < -0.4 is 0 Å². The van der Waals surface area contributed by atoms with Crippen molar-refractivity contribution >= 4 is 49.3 Å².